The molecule has 0 aliphatic rings. The Hall–Kier alpha value is -1.30. The van der Waals surface area contributed by atoms with Crippen molar-refractivity contribution in [3.05, 3.63) is 28.1 Å². The minimum absolute atomic E-state index is 0.112. The molecule has 0 saturated carbocycles. The monoisotopic (exact) mass is 311 g/mol. The Kier molecular flexibility index (Phi) is 4.86. The third-order valence-corrected chi connectivity index (χ3v) is 4.38. The average molecular weight is 312 g/mol. The molecule has 0 aliphatic carbocycles. The van der Waals surface area contributed by atoms with Crippen molar-refractivity contribution in [2.75, 3.05) is 32.9 Å². The van der Waals surface area contributed by atoms with Crippen molar-refractivity contribution >= 4 is 44.6 Å². The first-order valence-electron chi connectivity index (χ1n) is 6.39. The van der Waals surface area contributed by atoms with Gasteiger partial charge in [-0.2, -0.15) is 0 Å². The van der Waals surface area contributed by atoms with Crippen molar-refractivity contribution in [2.24, 2.45) is 0 Å². The number of thiophene rings is 1. The zero-order valence-electron chi connectivity index (χ0n) is 11.6. The highest BCUT2D eigenvalue weighted by Crippen LogP contribution is 2.35. The maximum atomic E-state index is 12.1. The number of amides is 1. The fourth-order valence-electron chi connectivity index (χ4n) is 1.94. The van der Waals surface area contributed by atoms with Gasteiger partial charge in [-0.15, -0.1) is 11.3 Å². The molecule has 0 bridgehead atoms. The van der Waals surface area contributed by atoms with Gasteiger partial charge in [-0.1, -0.05) is 11.6 Å². The van der Waals surface area contributed by atoms with Gasteiger partial charge in [0, 0.05) is 21.7 Å². The third kappa shape index (κ3) is 3.42. The number of benzene rings is 1. The van der Waals surface area contributed by atoms with Crippen LogP contribution in [-0.2, 0) is 0 Å². The fraction of sp³-hybridized carbons (Fsp3) is 0.357. The lowest BCUT2D eigenvalue weighted by molar-refractivity contribution is 0.0957. The second-order valence-corrected chi connectivity index (χ2v) is 6.39. The van der Waals surface area contributed by atoms with E-state index in [9.17, 15) is 4.79 Å². The number of nitrogens with two attached hydrogens (primary N) is 1. The first kappa shape index (κ1) is 15.1. The van der Waals surface area contributed by atoms with E-state index in [1.54, 1.807) is 12.1 Å². The molecule has 0 radical (unpaired) electrons. The number of rotatable bonds is 5. The molecule has 0 saturated heterocycles. The van der Waals surface area contributed by atoms with E-state index in [4.69, 9.17) is 17.3 Å². The van der Waals surface area contributed by atoms with Gasteiger partial charge in [0.05, 0.1) is 5.69 Å². The Labute approximate surface area is 127 Å². The highest BCUT2D eigenvalue weighted by Gasteiger charge is 2.16. The van der Waals surface area contributed by atoms with E-state index in [2.05, 4.69) is 10.2 Å². The Morgan fingerprint density at radius 2 is 2.20 bits per heavy atom. The molecule has 20 heavy (non-hydrogen) atoms. The highest BCUT2D eigenvalue weighted by atomic mass is 35.5. The van der Waals surface area contributed by atoms with Crippen LogP contribution < -0.4 is 11.1 Å². The maximum Gasteiger partial charge on any atom is 0.263 e. The summed E-state index contributed by atoms with van der Waals surface area (Å²) < 4.78 is 0.977. The standard InChI is InChI=1S/C14H18ClN3OS/c1-18(2)7-3-6-17-14(19)13-12(16)10-8-9(15)4-5-11(10)20-13/h4-5,8H,3,6-7,16H2,1-2H3,(H,17,19). The van der Waals surface area contributed by atoms with Crippen LogP contribution in [0.25, 0.3) is 10.1 Å². The smallest absolute Gasteiger partial charge is 0.263 e. The molecule has 108 valence electrons. The predicted molar refractivity (Wildman–Crippen MR) is 86.8 cm³/mol. The zero-order valence-corrected chi connectivity index (χ0v) is 13.1. The lowest BCUT2D eigenvalue weighted by Crippen LogP contribution is -2.27. The molecule has 0 atom stereocenters. The number of nitrogen functional groups attached to an aromatic ring is 1. The summed E-state index contributed by atoms with van der Waals surface area (Å²) in [6, 6.07) is 5.49. The first-order valence-corrected chi connectivity index (χ1v) is 7.59. The van der Waals surface area contributed by atoms with Crippen molar-refractivity contribution in [3.63, 3.8) is 0 Å². The Balaban J connectivity index is 2.08. The maximum absolute atomic E-state index is 12.1. The number of nitrogens with zero attached hydrogens (tertiary/aromatic N) is 1. The molecule has 0 aliphatic heterocycles. The number of carbonyl (C=O) groups excluding carboxylic acids is 1. The SMILES string of the molecule is CN(C)CCCNC(=O)c1sc2ccc(Cl)cc2c1N. The molecule has 0 spiro atoms. The van der Waals surface area contributed by atoms with E-state index in [1.165, 1.54) is 11.3 Å². The minimum Gasteiger partial charge on any atom is -0.397 e. The van der Waals surface area contributed by atoms with E-state index in [1.807, 2.05) is 20.2 Å². The van der Waals surface area contributed by atoms with Crippen LogP contribution in [0, 0.1) is 0 Å². The highest BCUT2D eigenvalue weighted by molar-refractivity contribution is 7.21. The van der Waals surface area contributed by atoms with Gasteiger partial charge < -0.3 is 16.0 Å². The van der Waals surface area contributed by atoms with Gasteiger partial charge in [-0.3, -0.25) is 4.79 Å². The number of hydrogen-bond acceptors (Lipinski definition) is 4. The summed E-state index contributed by atoms with van der Waals surface area (Å²) in [5.41, 5.74) is 6.56. The normalized spacial score (nSPS) is 11.2. The van der Waals surface area contributed by atoms with Crippen molar-refractivity contribution in [1.82, 2.24) is 10.2 Å². The second kappa shape index (κ2) is 6.43. The average Bonchev–Trinajstić information content (AvgIpc) is 2.72. The van der Waals surface area contributed by atoms with Gasteiger partial charge in [0.15, 0.2) is 0 Å². The van der Waals surface area contributed by atoms with E-state index in [-0.39, 0.29) is 5.91 Å². The van der Waals surface area contributed by atoms with Crippen LogP contribution in [0.5, 0.6) is 0 Å². The molecule has 3 N–H and O–H groups in total. The van der Waals surface area contributed by atoms with Crippen LogP contribution in [0.3, 0.4) is 0 Å². The molecule has 0 unspecified atom stereocenters. The lowest BCUT2D eigenvalue weighted by Gasteiger charge is -2.09. The van der Waals surface area contributed by atoms with Crippen molar-refractivity contribution in [3.8, 4) is 0 Å². The molecule has 2 rings (SSSR count). The number of carbonyl (C=O) groups is 1. The molecule has 1 aromatic heterocycles. The van der Waals surface area contributed by atoms with Crippen molar-refractivity contribution in [2.45, 2.75) is 6.42 Å². The molecule has 6 heteroatoms. The van der Waals surface area contributed by atoms with E-state index < -0.39 is 0 Å². The van der Waals surface area contributed by atoms with Gasteiger partial charge in [0.25, 0.3) is 5.91 Å². The Morgan fingerprint density at radius 3 is 2.90 bits per heavy atom. The second-order valence-electron chi connectivity index (χ2n) is 4.90. The van der Waals surface area contributed by atoms with Crippen molar-refractivity contribution in [1.29, 1.82) is 0 Å². The number of fused-ring (bicyclic) bond motifs is 1. The molecular weight excluding hydrogens is 294 g/mol. The Morgan fingerprint density at radius 1 is 1.45 bits per heavy atom. The summed E-state index contributed by atoms with van der Waals surface area (Å²) >= 11 is 7.35. The van der Waals surface area contributed by atoms with E-state index in [0.29, 0.717) is 22.1 Å². The summed E-state index contributed by atoms with van der Waals surface area (Å²) in [6.07, 6.45) is 0.912. The lowest BCUT2D eigenvalue weighted by atomic mass is 10.2. The van der Waals surface area contributed by atoms with Crippen LogP contribution in [0.1, 0.15) is 16.1 Å². The predicted octanol–water partition coefficient (Wildman–Crippen LogP) is 2.82. The summed E-state index contributed by atoms with van der Waals surface area (Å²) in [7, 11) is 4.02. The zero-order chi connectivity index (χ0) is 14.7. The summed E-state index contributed by atoms with van der Waals surface area (Å²) in [5.74, 6) is -0.112. The van der Waals surface area contributed by atoms with Crippen molar-refractivity contribution < 1.29 is 4.79 Å². The molecule has 2 aromatic rings. The summed E-state index contributed by atoms with van der Waals surface area (Å²) in [6.45, 7) is 1.59. The molecule has 1 heterocycles. The van der Waals surface area contributed by atoms with Gasteiger partial charge in [-0.05, 0) is 45.3 Å². The van der Waals surface area contributed by atoms with Crippen LogP contribution in [0.2, 0.25) is 5.02 Å². The first-order chi connectivity index (χ1) is 9.49. The molecule has 1 aromatic carbocycles. The molecule has 1 amide bonds. The van der Waals surface area contributed by atoms with Crippen LogP contribution >= 0.6 is 22.9 Å². The van der Waals surface area contributed by atoms with Crippen LogP contribution in [0.15, 0.2) is 18.2 Å². The van der Waals surface area contributed by atoms with Gasteiger partial charge >= 0.3 is 0 Å². The third-order valence-electron chi connectivity index (χ3n) is 2.96. The summed E-state index contributed by atoms with van der Waals surface area (Å²) in [5, 5.41) is 4.38. The van der Waals surface area contributed by atoms with Gasteiger partial charge in [0.1, 0.15) is 4.88 Å². The van der Waals surface area contributed by atoms with E-state index >= 15 is 0 Å². The fourth-order valence-corrected chi connectivity index (χ4v) is 3.13. The van der Waals surface area contributed by atoms with Crippen LogP contribution in [-0.4, -0.2) is 38.0 Å². The van der Waals surface area contributed by atoms with E-state index in [0.717, 1.165) is 23.1 Å². The van der Waals surface area contributed by atoms with Crippen LogP contribution in [0.4, 0.5) is 5.69 Å². The number of nitrogens with one attached hydrogen (secondary N) is 1. The Bertz CT molecular complexity index is 624. The largest absolute Gasteiger partial charge is 0.397 e. The number of anilines is 1. The molecular formula is C14H18ClN3OS. The van der Waals surface area contributed by atoms with Gasteiger partial charge in [0.2, 0.25) is 0 Å². The minimum atomic E-state index is -0.112. The van der Waals surface area contributed by atoms with Gasteiger partial charge in [-0.25, -0.2) is 0 Å². The summed E-state index contributed by atoms with van der Waals surface area (Å²) in [4.78, 5) is 14.8. The number of halogens is 1. The quantitative estimate of drug-likeness (QED) is 0.835. The molecule has 0 fully saturated rings. The molecule has 4 nitrogen and oxygen atoms in total. The topological polar surface area (TPSA) is 58.4 Å². The number of hydrogen-bond donors (Lipinski definition) is 2.